The molecule has 0 aromatic heterocycles. The van der Waals surface area contributed by atoms with Gasteiger partial charge in [0.1, 0.15) is 0 Å². The number of hydrogen-bond donors (Lipinski definition) is 0. The van der Waals surface area contributed by atoms with Gasteiger partial charge in [-0.15, -0.1) is 11.6 Å². The summed E-state index contributed by atoms with van der Waals surface area (Å²) in [7, 11) is 4.27. The van der Waals surface area contributed by atoms with Crippen LogP contribution in [0.3, 0.4) is 0 Å². The third kappa shape index (κ3) is 4.10. The zero-order valence-electron chi connectivity index (χ0n) is 11.4. The number of methoxy groups -OCH3 is 3. The van der Waals surface area contributed by atoms with E-state index in [1.807, 2.05) is 0 Å². The fraction of sp³-hybridized carbons (Fsp3) is 0.538. The lowest BCUT2D eigenvalue weighted by Gasteiger charge is -2.19. The molecule has 0 saturated heterocycles. The Hall–Kier alpha value is -1.30. The van der Waals surface area contributed by atoms with Crippen molar-refractivity contribution in [2.75, 3.05) is 21.3 Å². The van der Waals surface area contributed by atoms with Crippen LogP contribution in [0.5, 0.6) is 17.2 Å². The van der Waals surface area contributed by atoms with E-state index >= 15 is 0 Å². The molecule has 0 N–H and O–H groups in total. The van der Waals surface area contributed by atoms with Crippen LogP contribution in [0.15, 0.2) is 12.1 Å². The van der Waals surface area contributed by atoms with Crippen LogP contribution < -0.4 is 14.2 Å². The van der Waals surface area contributed by atoms with Gasteiger partial charge in [0.15, 0.2) is 11.5 Å². The molecule has 0 spiro atoms. The van der Waals surface area contributed by atoms with E-state index in [1.165, 1.54) is 21.3 Å². The maximum Gasteiger partial charge on any atom is 0.389 e. The van der Waals surface area contributed by atoms with Crippen molar-refractivity contribution in [1.82, 2.24) is 0 Å². The molecular formula is C13H16ClF3O3. The molecule has 0 radical (unpaired) electrons. The lowest BCUT2D eigenvalue weighted by Crippen LogP contribution is -2.09. The summed E-state index contributed by atoms with van der Waals surface area (Å²) in [6.07, 6.45) is -5.44. The van der Waals surface area contributed by atoms with Gasteiger partial charge in [0.2, 0.25) is 5.75 Å². The summed E-state index contributed by atoms with van der Waals surface area (Å²) in [5.41, 5.74) is 0.441. The second-order valence-electron chi connectivity index (χ2n) is 4.04. The van der Waals surface area contributed by atoms with E-state index in [9.17, 15) is 13.2 Å². The summed E-state index contributed by atoms with van der Waals surface area (Å²) < 4.78 is 52.2. The smallest absolute Gasteiger partial charge is 0.389 e. The quantitative estimate of drug-likeness (QED) is 0.732. The molecule has 1 unspecified atom stereocenters. The van der Waals surface area contributed by atoms with Gasteiger partial charge in [-0.1, -0.05) is 0 Å². The van der Waals surface area contributed by atoms with Gasteiger partial charge in [-0.2, -0.15) is 13.2 Å². The summed E-state index contributed by atoms with van der Waals surface area (Å²) in [5.74, 6) is 1.02. The molecule has 0 heterocycles. The van der Waals surface area contributed by atoms with Crippen molar-refractivity contribution in [1.29, 1.82) is 0 Å². The topological polar surface area (TPSA) is 27.7 Å². The molecule has 0 saturated carbocycles. The number of ether oxygens (including phenoxy) is 3. The molecular weight excluding hydrogens is 297 g/mol. The van der Waals surface area contributed by atoms with E-state index in [-0.39, 0.29) is 12.2 Å². The Labute approximate surface area is 120 Å². The van der Waals surface area contributed by atoms with Gasteiger partial charge in [-0.3, -0.25) is 0 Å². The highest BCUT2D eigenvalue weighted by atomic mass is 35.5. The Morgan fingerprint density at radius 1 is 1.05 bits per heavy atom. The van der Waals surface area contributed by atoms with Gasteiger partial charge < -0.3 is 14.2 Å². The van der Waals surface area contributed by atoms with Crippen LogP contribution in [0.2, 0.25) is 0 Å². The predicted octanol–water partition coefficient (Wildman–Crippen LogP) is 4.33. The summed E-state index contributed by atoms with van der Waals surface area (Å²) in [6, 6.07) is 3.16. The summed E-state index contributed by atoms with van der Waals surface area (Å²) in [5, 5.41) is -0.827. The van der Waals surface area contributed by atoms with Crippen LogP contribution in [-0.2, 0) is 0 Å². The molecule has 1 rings (SSSR count). The number of hydrogen-bond acceptors (Lipinski definition) is 3. The Bertz CT molecular complexity index is 449. The molecule has 7 heteroatoms. The molecule has 0 fully saturated rings. The first-order valence-electron chi connectivity index (χ1n) is 5.83. The molecule has 0 aliphatic heterocycles. The molecule has 0 bridgehead atoms. The second-order valence-corrected chi connectivity index (χ2v) is 4.57. The van der Waals surface area contributed by atoms with Crippen molar-refractivity contribution in [3.8, 4) is 17.2 Å². The molecule has 0 aliphatic carbocycles. The van der Waals surface area contributed by atoms with E-state index in [1.54, 1.807) is 12.1 Å². The molecule has 1 atom stereocenters. The fourth-order valence-electron chi connectivity index (χ4n) is 1.82. The monoisotopic (exact) mass is 312 g/mol. The zero-order chi connectivity index (χ0) is 15.3. The van der Waals surface area contributed by atoms with Crippen molar-refractivity contribution in [2.45, 2.75) is 24.4 Å². The van der Waals surface area contributed by atoms with Gasteiger partial charge in [-0.05, 0) is 18.6 Å². The van der Waals surface area contributed by atoms with Gasteiger partial charge >= 0.3 is 6.18 Å². The highest BCUT2D eigenvalue weighted by molar-refractivity contribution is 6.21. The van der Waals surface area contributed by atoms with Gasteiger partial charge in [0, 0.05) is 12.0 Å². The molecule has 1 aromatic rings. The maximum absolute atomic E-state index is 12.2. The molecule has 1 aromatic carbocycles. The standard InChI is InChI=1S/C13H16ClF3O3/c1-18-10-5-4-8(11(19-2)12(10)20-3)9(14)6-7-13(15,16)17/h4-5,9H,6-7H2,1-3H3. The highest BCUT2D eigenvalue weighted by Crippen LogP contribution is 2.45. The summed E-state index contributed by atoms with van der Waals surface area (Å²) >= 11 is 6.04. The third-order valence-corrected chi connectivity index (χ3v) is 3.21. The minimum atomic E-state index is -4.24. The first-order valence-corrected chi connectivity index (χ1v) is 6.27. The minimum Gasteiger partial charge on any atom is -0.493 e. The molecule has 3 nitrogen and oxygen atoms in total. The summed E-state index contributed by atoms with van der Waals surface area (Å²) in [4.78, 5) is 0. The zero-order valence-corrected chi connectivity index (χ0v) is 12.1. The molecule has 114 valence electrons. The SMILES string of the molecule is COc1ccc(C(Cl)CCC(F)(F)F)c(OC)c1OC. The lowest BCUT2D eigenvalue weighted by molar-refractivity contribution is -0.135. The van der Waals surface area contributed by atoms with Gasteiger partial charge in [0.05, 0.1) is 26.7 Å². The average molecular weight is 313 g/mol. The van der Waals surface area contributed by atoms with Crippen LogP contribution in [-0.4, -0.2) is 27.5 Å². The number of alkyl halides is 4. The molecule has 0 amide bonds. The highest BCUT2D eigenvalue weighted by Gasteiger charge is 2.29. The van der Waals surface area contributed by atoms with Crippen LogP contribution in [0.1, 0.15) is 23.8 Å². The van der Waals surface area contributed by atoms with Gasteiger partial charge in [-0.25, -0.2) is 0 Å². The fourth-order valence-corrected chi connectivity index (χ4v) is 2.10. The predicted molar refractivity (Wildman–Crippen MR) is 70.0 cm³/mol. The average Bonchev–Trinajstić information content (AvgIpc) is 2.41. The van der Waals surface area contributed by atoms with E-state index in [2.05, 4.69) is 0 Å². The molecule has 20 heavy (non-hydrogen) atoms. The number of rotatable bonds is 6. The van der Waals surface area contributed by atoms with Crippen molar-refractivity contribution >= 4 is 11.6 Å². The van der Waals surface area contributed by atoms with E-state index < -0.39 is 18.0 Å². The second kappa shape index (κ2) is 6.92. The Balaban J connectivity index is 3.05. The Morgan fingerprint density at radius 3 is 2.10 bits per heavy atom. The van der Waals surface area contributed by atoms with Crippen LogP contribution in [0, 0.1) is 0 Å². The first kappa shape index (κ1) is 16.8. The number of halogens is 4. The minimum absolute atomic E-state index is 0.239. The largest absolute Gasteiger partial charge is 0.493 e. The van der Waals surface area contributed by atoms with Crippen LogP contribution >= 0.6 is 11.6 Å². The Kier molecular flexibility index (Phi) is 5.80. The number of benzene rings is 1. The van der Waals surface area contributed by atoms with Crippen molar-refractivity contribution in [2.24, 2.45) is 0 Å². The van der Waals surface area contributed by atoms with Gasteiger partial charge in [0.25, 0.3) is 0 Å². The first-order chi connectivity index (χ1) is 9.34. The van der Waals surface area contributed by atoms with Crippen molar-refractivity contribution < 1.29 is 27.4 Å². The van der Waals surface area contributed by atoms with E-state index in [0.717, 1.165) is 0 Å². The normalized spacial score (nSPS) is 12.9. The van der Waals surface area contributed by atoms with E-state index in [4.69, 9.17) is 25.8 Å². The van der Waals surface area contributed by atoms with Crippen LogP contribution in [0.4, 0.5) is 13.2 Å². The molecule has 0 aliphatic rings. The van der Waals surface area contributed by atoms with Crippen molar-refractivity contribution in [3.63, 3.8) is 0 Å². The maximum atomic E-state index is 12.2. The lowest BCUT2D eigenvalue weighted by atomic mass is 10.1. The third-order valence-electron chi connectivity index (χ3n) is 2.75. The van der Waals surface area contributed by atoms with Crippen molar-refractivity contribution in [3.05, 3.63) is 17.7 Å². The van der Waals surface area contributed by atoms with Crippen LogP contribution in [0.25, 0.3) is 0 Å². The van der Waals surface area contributed by atoms with E-state index in [0.29, 0.717) is 17.1 Å². The Morgan fingerprint density at radius 2 is 1.65 bits per heavy atom. The summed E-state index contributed by atoms with van der Waals surface area (Å²) in [6.45, 7) is 0.